The maximum absolute atomic E-state index is 12.7. The first-order valence-electron chi connectivity index (χ1n) is 9.61. The van der Waals surface area contributed by atoms with Gasteiger partial charge in [-0.3, -0.25) is 14.9 Å². The van der Waals surface area contributed by atoms with Crippen molar-refractivity contribution in [1.82, 2.24) is 5.43 Å². The van der Waals surface area contributed by atoms with E-state index in [2.05, 4.69) is 10.5 Å². The average molecular weight is 485 g/mol. The number of benzene rings is 3. The quantitative estimate of drug-likeness (QED) is 0.213. The van der Waals surface area contributed by atoms with Crippen LogP contribution in [0.2, 0.25) is 0 Å². The van der Waals surface area contributed by atoms with E-state index in [1.54, 1.807) is 0 Å². The Kier molecular flexibility index (Phi) is 7.12. The van der Waals surface area contributed by atoms with Crippen LogP contribution in [-0.4, -0.2) is 37.7 Å². The lowest BCUT2D eigenvalue weighted by atomic mass is 10.2. The van der Waals surface area contributed by atoms with Gasteiger partial charge >= 0.3 is 10.1 Å². The standard InChI is InChI=1S/C22H19N3O8S/c1-14-6-8-18(12-19(14)25(28)29)34(30,31)33-20-9-7-15(10-21(20)32-2)13-23-24-22(27)16-4-3-5-17(26)11-16/h3-13,26H,1-2H3,(H,24,27)/b23-13-. The molecule has 0 bridgehead atoms. The van der Waals surface area contributed by atoms with Crippen LogP contribution >= 0.6 is 0 Å². The van der Waals surface area contributed by atoms with Crippen LogP contribution in [0.4, 0.5) is 5.69 Å². The molecule has 3 aromatic carbocycles. The van der Waals surface area contributed by atoms with Crippen molar-refractivity contribution < 1.29 is 32.2 Å². The number of nitrogens with zero attached hydrogens (tertiary/aromatic N) is 2. The van der Waals surface area contributed by atoms with Gasteiger partial charge < -0.3 is 14.0 Å². The maximum Gasteiger partial charge on any atom is 0.339 e. The van der Waals surface area contributed by atoms with Crippen molar-refractivity contribution in [2.75, 3.05) is 7.11 Å². The SMILES string of the molecule is COc1cc(/C=N\NC(=O)c2cccc(O)c2)ccc1OS(=O)(=O)c1ccc(C)c([N+](=O)[O-])c1. The first-order chi connectivity index (χ1) is 16.1. The number of phenolic OH excluding ortho intramolecular Hbond substituents is 1. The number of aryl methyl sites for hydroxylation is 1. The number of nitrogens with one attached hydrogen (secondary N) is 1. The van der Waals surface area contributed by atoms with Gasteiger partial charge in [0, 0.05) is 17.2 Å². The number of methoxy groups -OCH3 is 1. The molecule has 0 radical (unpaired) electrons. The molecule has 0 aliphatic carbocycles. The molecule has 3 aromatic rings. The summed E-state index contributed by atoms with van der Waals surface area (Å²) in [6.07, 6.45) is 1.30. The normalized spacial score (nSPS) is 11.2. The zero-order valence-electron chi connectivity index (χ0n) is 18.0. The van der Waals surface area contributed by atoms with E-state index >= 15 is 0 Å². The molecule has 0 fully saturated rings. The van der Waals surface area contributed by atoms with Crippen LogP contribution in [0.5, 0.6) is 17.2 Å². The van der Waals surface area contributed by atoms with Crippen molar-refractivity contribution in [2.24, 2.45) is 5.10 Å². The average Bonchev–Trinajstić information content (AvgIpc) is 2.79. The molecule has 11 nitrogen and oxygen atoms in total. The Labute approximate surface area is 194 Å². The van der Waals surface area contributed by atoms with E-state index in [4.69, 9.17) is 8.92 Å². The molecule has 1 amide bonds. The number of carbonyl (C=O) groups excluding carboxylic acids is 1. The van der Waals surface area contributed by atoms with Crippen LogP contribution < -0.4 is 14.3 Å². The molecule has 0 unspecified atom stereocenters. The lowest BCUT2D eigenvalue weighted by Crippen LogP contribution is -2.17. The van der Waals surface area contributed by atoms with E-state index < -0.39 is 20.9 Å². The summed E-state index contributed by atoms with van der Waals surface area (Å²) in [5.74, 6) is -0.704. The van der Waals surface area contributed by atoms with Crippen molar-refractivity contribution in [1.29, 1.82) is 0 Å². The number of hydrogen-bond acceptors (Lipinski definition) is 9. The third-order valence-electron chi connectivity index (χ3n) is 4.54. The molecule has 12 heteroatoms. The van der Waals surface area contributed by atoms with Crippen molar-refractivity contribution in [3.05, 3.63) is 87.5 Å². The summed E-state index contributed by atoms with van der Waals surface area (Å²) < 4.78 is 35.6. The van der Waals surface area contributed by atoms with Gasteiger partial charge in [-0.15, -0.1) is 0 Å². The van der Waals surface area contributed by atoms with Gasteiger partial charge in [0.25, 0.3) is 11.6 Å². The number of nitro benzene ring substituents is 1. The van der Waals surface area contributed by atoms with E-state index in [1.165, 1.54) is 74.8 Å². The van der Waals surface area contributed by atoms with E-state index in [-0.39, 0.29) is 33.4 Å². The monoisotopic (exact) mass is 485 g/mol. The van der Waals surface area contributed by atoms with Gasteiger partial charge in [-0.25, -0.2) is 5.43 Å². The van der Waals surface area contributed by atoms with Crippen LogP contribution in [0, 0.1) is 17.0 Å². The number of hydrogen-bond donors (Lipinski definition) is 2. The van der Waals surface area contributed by atoms with Crippen LogP contribution in [0.15, 0.2) is 70.7 Å². The van der Waals surface area contributed by atoms with E-state index in [0.717, 1.165) is 6.07 Å². The second-order valence-corrected chi connectivity index (χ2v) is 8.45. The molecule has 176 valence electrons. The molecule has 0 saturated carbocycles. The lowest BCUT2D eigenvalue weighted by molar-refractivity contribution is -0.385. The Morgan fingerprint density at radius 1 is 1.12 bits per heavy atom. The minimum atomic E-state index is -4.39. The predicted octanol–water partition coefficient (Wildman–Crippen LogP) is 3.15. The molecule has 34 heavy (non-hydrogen) atoms. The number of carbonyl (C=O) groups is 1. The van der Waals surface area contributed by atoms with Gasteiger partial charge in [0.2, 0.25) is 0 Å². The van der Waals surface area contributed by atoms with Crippen molar-refractivity contribution in [3.63, 3.8) is 0 Å². The van der Waals surface area contributed by atoms with Crippen molar-refractivity contribution >= 4 is 27.9 Å². The fourth-order valence-electron chi connectivity index (χ4n) is 2.82. The number of nitro groups is 1. The van der Waals surface area contributed by atoms with Crippen LogP contribution in [0.25, 0.3) is 0 Å². The maximum atomic E-state index is 12.7. The highest BCUT2D eigenvalue weighted by atomic mass is 32.2. The number of aromatic hydroxyl groups is 1. The molecule has 0 aromatic heterocycles. The predicted molar refractivity (Wildman–Crippen MR) is 122 cm³/mol. The van der Waals surface area contributed by atoms with Crippen LogP contribution in [0.1, 0.15) is 21.5 Å². The molecule has 2 N–H and O–H groups in total. The number of hydrazone groups is 1. The van der Waals surface area contributed by atoms with E-state index in [1.807, 2.05) is 0 Å². The van der Waals surface area contributed by atoms with Crippen LogP contribution in [-0.2, 0) is 10.1 Å². The van der Waals surface area contributed by atoms with E-state index in [9.17, 15) is 28.4 Å². The Morgan fingerprint density at radius 2 is 1.88 bits per heavy atom. The number of amides is 1. The summed E-state index contributed by atoms with van der Waals surface area (Å²) in [4.78, 5) is 22.1. The smallest absolute Gasteiger partial charge is 0.339 e. The first-order valence-corrected chi connectivity index (χ1v) is 11.0. The molecule has 3 rings (SSSR count). The highest BCUT2D eigenvalue weighted by molar-refractivity contribution is 7.87. The summed E-state index contributed by atoms with van der Waals surface area (Å²) in [6, 6.07) is 13.4. The Bertz CT molecular complexity index is 1390. The molecular weight excluding hydrogens is 466 g/mol. The zero-order valence-corrected chi connectivity index (χ0v) is 18.8. The lowest BCUT2D eigenvalue weighted by Gasteiger charge is -2.11. The van der Waals surface area contributed by atoms with Crippen LogP contribution in [0.3, 0.4) is 0 Å². The third kappa shape index (κ3) is 5.66. The molecule has 0 saturated heterocycles. The summed E-state index contributed by atoms with van der Waals surface area (Å²) in [5, 5.41) is 24.4. The van der Waals surface area contributed by atoms with Gasteiger partial charge in [-0.05, 0) is 55.0 Å². The van der Waals surface area contributed by atoms with Gasteiger partial charge in [0.05, 0.1) is 18.2 Å². The Morgan fingerprint density at radius 3 is 2.56 bits per heavy atom. The minimum Gasteiger partial charge on any atom is -0.508 e. The number of rotatable bonds is 8. The fraction of sp³-hybridized carbons (Fsp3) is 0.0909. The molecule has 0 aliphatic heterocycles. The largest absolute Gasteiger partial charge is 0.508 e. The molecule has 0 spiro atoms. The number of phenols is 1. The topological polar surface area (TPSA) is 157 Å². The van der Waals surface area contributed by atoms with Gasteiger partial charge in [-0.2, -0.15) is 13.5 Å². The van der Waals surface area contributed by atoms with Crippen molar-refractivity contribution in [3.8, 4) is 17.2 Å². The Balaban J connectivity index is 1.77. The molecule has 0 heterocycles. The second kappa shape index (κ2) is 10.0. The molecule has 0 aliphatic rings. The van der Waals surface area contributed by atoms with Gasteiger partial charge in [0.15, 0.2) is 11.5 Å². The second-order valence-electron chi connectivity index (χ2n) is 6.90. The third-order valence-corrected chi connectivity index (χ3v) is 5.77. The van der Waals surface area contributed by atoms with Crippen molar-refractivity contribution in [2.45, 2.75) is 11.8 Å². The first kappa shape index (κ1) is 24.2. The van der Waals surface area contributed by atoms with Gasteiger partial charge in [0.1, 0.15) is 10.6 Å². The summed E-state index contributed by atoms with van der Waals surface area (Å²) >= 11 is 0. The number of ether oxygens (including phenoxy) is 1. The van der Waals surface area contributed by atoms with Gasteiger partial charge in [-0.1, -0.05) is 12.1 Å². The highest BCUT2D eigenvalue weighted by Crippen LogP contribution is 2.31. The highest BCUT2D eigenvalue weighted by Gasteiger charge is 2.23. The minimum absolute atomic E-state index is 0.0495. The summed E-state index contributed by atoms with van der Waals surface area (Å²) in [5.41, 5.74) is 2.91. The van der Waals surface area contributed by atoms with E-state index in [0.29, 0.717) is 11.1 Å². The zero-order chi connectivity index (χ0) is 24.9. The molecular formula is C22H19N3O8S. The fourth-order valence-corrected chi connectivity index (χ4v) is 3.78. The Hall–Kier alpha value is -4.45. The summed E-state index contributed by atoms with van der Waals surface area (Å²) in [7, 11) is -3.09. The molecule has 0 atom stereocenters. The summed E-state index contributed by atoms with van der Waals surface area (Å²) in [6.45, 7) is 1.49.